The molecule has 2 aromatic rings. The molecule has 2 aromatic carbocycles. The number of thioether (sulfide) groups is 1. The summed E-state index contributed by atoms with van der Waals surface area (Å²) in [5.74, 6) is 2.80. The molecule has 0 atom stereocenters. The van der Waals surface area contributed by atoms with Crippen molar-refractivity contribution in [3.63, 3.8) is 0 Å². The summed E-state index contributed by atoms with van der Waals surface area (Å²) in [6.07, 6.45) is 2.93. The van der Waals surface area contributed by atoms with Gasteiger partial charge in [0.2, 0.25) is 0 Å². The summed E-state index contributed by atoms with van der Waals surface area (Å²) in [6, 6.07) is 8.69. The third kappa shape index (κ3) is 6.18. The van der Waals surface area contributed by atoms with Crippen LogP contribution in [0.4, 0.5) is 13.2 Å². The van der Waals surface area contributed by atoms with Gasteiger partial charge in [-0.2, -0.15) is 33.4 Å². The fourth-order valence-electron chi connectivity index (χ4n) is 2.36. The number of alkyl halides is 3. The lowest BCUT2D eigenvalue weighted by molar-refractivity contribution is -0.0499. The van der Waals surface area contributed by atoms with Gasteiger partial charge < -0.3 is 13.7 Å². The highest BCUT2D eigenvalue weighted by Gasteiger charge is 2.48. The fourth-order valence-corrected chi connectivity index (χ4v) is 3.86. The molecule has 0 amide bonds. The van der Waals surface area contributed by atoms with E-state index in [1.807, 2.05) is 0 Å². The monoisotopic (exact) mass is 438 g/mol. The first-order valence-electron chi connectivity index (χ1n) is 8.48. The first-order valence-corrected chi connectivity index (χ1v) is 11.0. The predicted molar refractivity (Wildman–Crippen MR) is 103 cm³/mol. The van der Waals surface area contributed by atoms with E-state index < -0.39 is 21.4 Å². The van der Waals surface area contributed by atoms with Gasteiger partial charge in [0.25, 0.3) is 0 Å². The lowest BCUT2D eigenvalue weighted by Gasteiger charge is -2.13. The number of benzene rings is 2. The second-order valence-corrected chi connectivity index (χ2v) is 8.51. The summed E-state index contributed by atoms with van der Waals surface area (Å²) in [7, 11) is -4.24. The Kier molecular flexibility index (Phi) is 8.26. The van der Waals surface area contributed by atoms with Gasteiger partial charge in [0.05, 0.1) is 6.61 Å². The molecule has 0 aliphatic carbocycles. The Bertz CT molecular complexity index is 858. The van der Waals surface area contributed by atoms with Gasteiger partial charge in [0.1, 0.15) is 12.4 Å². The number of hydrogen-bond donors (Lipinski definition) is 0. The zero-order valence-corrected chi connectivity index (χ0v) is 16.8. The molecular weight excluding hydrogens is 417 g/mol. The Morgan fingerprint density at radius 1 is 0.964 bits per heavy atom. The molecule has 10 heteroatoms. The lowest BCUT2D eigenvalue weighted by atomic mass is 10.1. The molecular formula is C18H21F3O5S2. The number of halogens is 3. The Hall–Kier alpha value is -1.65. The topological polar surface area (TPSA) is 61.8 Å². The second kappa shape index (κ2) is 10.2. The van der Waals surface area contributed by atoms with Crippen molar-refractivity contribution in [3.05, 3.63) is 36.4 Å². The summed E-state index contributed by atoms with van der Waals surface area (Å²) in [5, 5.41) is 0.619. The van der Waals surface area contributed by atoms with Crippen LogP contribution in [-0.4, -0.2) is 45.8 Å². The van der Waals surface area contributed by atoms with Crippen molar-refractivity contribution in [2.75, 3.05) is 31.8 Å². The second-order valence-electron chi connectivity index (χ2n) is 5.75. The van der Waals surface area contributed by atoms with Crippen LogP contribution in [0.2, 0.25) is 0 Å². The number of fused-ring (bicyclic) bond motifs is 1. The Balaban J connectivity index is 0.000000485. The van der Waals surface area contributed by atoms with Crippen LogP contribution in [0.1, 0.15) is 12.8 Å². The quantitative estimate of drug-likeness (QED) is 0.373. The minimum absolute atomic E-state index is 0.190. The van der Waals surface area contributed by atoms with Crippen LogP contribution >= 0.6 is 11.8 Å². The summed E-state index contributed by atoms with van der Waals surface area (Å²) in [6.45, 7) is 0.566. The minimum Gasteiger partial charge on any atom is -0.491 e. The molecule has 0 N–H and O–H groups in total. The van der Waals surface area contributed by atoms with Gasteiger partial charge in [-0.15, -0.1) is 0 Å². The van der Waals surface area contributed by atoms with Gasteiger partial charge >= 0.3 is 15.6 Å². The first-order chi connectivity index (χ1) is 13.3. The normalized spacial score (nSPS) is 14.4. The maximum absolute atomic E-state index is 12.5. The SMILES string of the molecule is C1CCSC1.COCCOc1cccc2c(OS(=O)(=O)C(F)(F)F)cccc12. The third-order valence-electron chi connectivity index (χ3n) is 3.70. The maximum Gasteiger partial charge on any atom is 0.534 e. The van der Waals surface area contributed by atoms with Gasteiger partial charge in [-0.05, 0) is 36.5 Å². The molecule has 0 unspecified atom stereocenters. The molecule has 0 spiro atoms. The Morgan fingerprint density at radius 3 is 2.04 bits per heavy atom. The van der Waals surface area contributed by atoms with Crippen LogP contribution in [0.5, 0.6) is 11.5 Å². The summed E-state index contributed by atoms with van der Waals surface area (Å²) < 4.78 is 74.2. The van der Waals surface area contributed by atoms with Crippen LogP contribution in [0.3, 0.4) is 0 Å². The average Bonchev–Trinajstić information content (AvgIpc) is 3.21. The fraction of sp³-hybridized carbons (Fsp3) is 0.444. The smallest absolute Gasteiger partial charge is 0.491 e. The van der Waals surface area contributed by atoms with E-state index in [0.717, 1.165) is 6.07 Å². The van der Waals surface area contributed by atoms with Gasteiger partial charge in [-0.25, -0.2) is 0 Å². The van der Waals surface area contributed by atoms with Crippen molar-refractivity contribution in [2.45, 2.75) is 18.3 Å². The van der Waals surface area contributed by atoms with Gasteiger partial charge in [0.15, 0.2) is 5.75 Å². The molecule has 5 nitrogen and oxygen atoms in total. The van der Waals surface area contributed by atoms with E-state index >= 15 is 0 Å². The molecule has 0 saturated carbocycles. The number of ether oxygens (including phenoxy) is 2. The van der Waals surface area contributed by atoms with Crippen molar-refractivity contribution < 1.29 is 35.2 Å². The summed E-state index contributed by atoms with van der Waals surface area (Å²) >= 11 is 2.07. The molecule has 1 fully saturated rings. The number of rotatable bonds is 6. The van der Waals surface area contributed by atoms with Crippen molar-refractivity contribution in [2.24, 2.45) is 0 Å². The molecule has 0 aromatic heterocycles. The molecule has 0 radical (unpaired) electrons. The summed E-state index contributed by atoms with van der Waals surface area (Å²) in [4.78, 5) is 0. The third-order valence-corrected chi connectivity index (χ3v) is 5.82. The van der Waals surface area contributed by atoms with Crippen LogP contribution in [0.25, 0.3) is 10.8 Å². The van der Waals surface area contributed by atoms with Gasteiger partial charge in [-0.3, -0.25) is 0 Å². The minimum atomic E-state index is -5.74. The Morgan fingerprint density at radius 2 is 1.54 bits per heavy atom. The van der Waals surface area contributed by atoms with Crippen LogP contribution < -0.4 is 8.92 Å². The maximum atomic E-state index is 12.5. The molecule has 28 heavy (non-hydrogen) atoms. The highest BCUT2D eigenvalue weighted by molar-refractivity contribution is 7.99. The zero-order valence-electron chi connectivity index (χ0n) is 15.2. The molecule has 1 saturated heterocycles. The molecule has 1 aliphatic heterocycles. The largest absolute Gasteiger partial charge is 0.534 e. The highest BCUT2D eigenvalue weighted by Crippen LogP contribution is 2.35. The average molecular weight is 438 g/mol. The first kappa shape index (κ1) is 22.6. The standard InChI is InChI=1S/C14H13F3O5S.C4H8S/c1-20-8-9-21-12-6-2-5-11-10(12)4-3-7-13(11)22-23(18,19)14(15,16)17;1-2-4-5-3-1/h2-7H,8-9H2,1H3;1-4H2. The van der Waals surface area contributed by atoms with Crippen LogP contribution in [0, 0.1) is 0 Å². The lowest BCUT2D eigenvalue weighted by Crippen LogP contribution is -2.28. The highest BCUT2D eigenvalue weighted by atomic mass is 32.2. The number of methoxy groups -OCH3 is 1. The van der Waals surface area contributed by atoms with Crippen molar-refractivity contribution >= 4 is 32.7 Å². The zero-order chi connectivity index (χ0) is 20.6. The van der Waals surface area contributed by atoms with E-state index in [-0.39, 0.29) is 12.0 Å². The van der Waals surface area contributed by atoms with Crippen LogP contribution in [-0.2, 0) is 14.9 Å². The predicted octanol–water partition coefficient (Wildman–Crippen LogP) is 4.61. The van der Waals surface area contributed by atoms with E-state index in [1.165, 1.54) is 49.7 Å². The molecule has 0 bridgehead atoms. The van der Waals surface area contributed by atoms with Crippen molar-refractivity contribution in [1.29, 1.82) is 0 Å². The van der Waals surface area contributed by atoms with Crippen molar-refractivity contribution in [1.82, 2.24) is 0 Å². The molecule has 1 heterocycles. The molecule has 1 aliphatic rings. The Labute approximate surface area is 166 Å². The van der Waals surface area contributed by atoms with E-state index in [0.29, 0.717) is 17.7 Å². The van der Waals surface area contributed by atoms with E-state index in [4.69, 9.17) is 9.47 Å². The van der Waals surface area contributed by atoms with E-state index in [1.54, 1.807) is 12.1 Å². The molecule has 3 rings (SSSR count). The van der Waals surface area contributed by atoms with Gasteiger partial charge in [0, 0.05) is 17.9 Å². The van der Waals surface area contributed by atoms with Crippen molar-refractivity contribution in [3.8, 4) is 11.5 Å². The summed E-state index contributed by atoms with van der Waals surface area (Å²) in [5.41, 5.74) is -5.50. The van der Waals surface area contributed by atoms with Gasteiger partial charge in [-0.1, -0.05) is 24.3 Å². The number of hydrogen-bond acceptors (Lipinski definition) is 6. The van der Waals surface area contributed by atoms with Crippen LogP contribution in [0.15, 0.2) is 36.4 Å². The van der Waals surface area contributed by atoms with E-state index in [9.17, 15) is 21.6 Å². The van der Waals surface area contributed by atoms with E-state index in [2.05, 4.69) is 15.9 Å². The molecule has 156 valence electrons.